The molecular weight excluding hydrogens is 343 g/mol. The third kappa shape index (κ3) is 4.51. The molecule has 0 aliphatic carbocycles. The minimum absolute atomic E-state index is 0. The van der Waals surface area contributed by atoms with Crippen LogP contribution >= 0.6 is 35.6 Å². The van der Waals surface area contributed by atoms with Gasteiger partial charge in [-0.2, -0.15) is 0 Å². The van der Waals surface area contributed by atoms with Crippen LogP contribution in [0.3, 0.4) is 0 Å². The van der Waals surface area contributed by atoms with E-state index < -0.39 is 0 Å². The SMILES string of the molecule is CC(C(=O)NCC(C)(C)c1ccc(Cl)c(Cl)c1)C1CNC1.Cl. The second-order valence-electron chi connectivity index (χ2n) is 6.44. The van der Waals surface area contributed by atoms with Crippen LogP contribution in [0.4, 0.5) is 0 Å². The molecule has 2 N–H and O–H groups in total. The Kier molecular flexibility index (Phi) is 7.00. The number of carbonyl (C=O) groups excluding carboxylic acids is 1. The predicted molar refractivity (Wildman–Crippen MR) is 95.3 cm³/mol. The van der Waals surface area contributed by atoms with Crippen molar-refractivity contribution in [3.05, 3.63) is 33.8 Å². The van der Waals surface area contributed by atoms with Gasteiger partial charge >= 0.3 is 0 Å². The summed E-state index contributed by atoms with van der Waals surface area (Å²) >= 11 is 12.0. The van der Waals surface area contributed by atoms with Gasteiger partial charge in [0.1, 0.15) is 0 Å². The number of carbonyl (C=O) groups is 1. The van der Waals surface area contributed by atoms with E-state index in [0.29, 0.717) is 22.5 Å². The summed E-state index contributed by atoms with van der Waals surface area (Å²) in [7, 11) is 0. The lowest BCUT2D eigenvalue weighted by Gasteiger charge is -2.33. The molecule has 1 fully saturated rings. The maximum atomic E-state index is 12.2. The largest absolute Gasteiger partial charge is 0.355 e. The molecule has 6 heteroatoms. The van der Waals surface area contributed by atoms with Crippen LogP contribution in [0.5, 0.6) is 0 Å². The molecule has 1 amide bonds. The summed E-state index contributed by atoms with van der Waals surface area (Å²) in [4.78, 5) is 12.2. The molecule has 1 saturated heterocycles. The van der Waals surface area contributed by atoms with Gasteiger partial charge in [0, 0.05) is 17.9 Å². The average Bonchev–Trinajstić information content (AvgIpc) is 2.37. The Morgan fingerprint density at radius 2 is 2.00 bits per heavy atom. The molecule has 1 unspecified atom stereocenters. The molecular formula is C16H23Cl3N2O. The van der Waals surface area contributed by atoms with Crippen molar-refractivity contribution in [3.8, 4) is 0 Å². The van der Waals surface area contributed by atoms with Crippen molar-refractivity contribution in [1.29, 1.82) is 0 Å². The van der Waals surface area contributed by atoms with Crippen LogP contribution in [0.1, 0.15) is 26.3 Å². The second kappa shape index (κ2) is 7.87. The third-order valence-electron chi connectivity index (χ3n) is 4.34. The minimum Gasteiger partial charge on any atom is -0.355 e. The molecule has 1 aliphatic heterocycles. The van der Waals surface area contributed by atoms with Gasteiger partial charge in [-0.1, -0.05) is 50.0 Å². The number of hydrogen-bond acceptors (Lipinski definition) is 2. The number of halogens is 3. The first-order valence-electron chi connectivity index (χ1n) is 7.25. The maximum Gasteiger partial charge on any atom is 0.223 e. The molecule has 1 heterocycles. The zero-order chi connectivity index (χ0) is 15.6. The summed E-state index contributed by atoms with van der Waals surface area (Å²) in [6.45, 7) is 8.61. The number of hydrogen-bond donors (Lipinski definition) is 2. The average molecular weight is 366 g/mol. The first kappa shape index (κ1) is 19.6. The van der Waals surface area contributed by atoms with Crippen LogP contribution in [0.25, 0.3) is 0 Å². The van der Waals surface area contributed by atoms with Crippen molar-refractivity contribution < 1.29 is 4.79 Å². The van der Waals surface area contributed by atoms with Crippen LogP contribution in [-0.4, -0.2) is 25.5 Å². The van der Waals surface area contributed by atoms with E-state index in [1.54, 1.807) is 6.07 Å². The molecule has 0 bridgehead atoms. The number of benzene rings is 1. The van der Waals surface area contributed by atoms with Gasteiger partial charge in [-0.15, -0.1) is 12.4 Å². The molecule has 1 aromatic carbocycles. The van der Waals surface area contributed by atoms with Crippen molar-refractivity contribution in [2.45, 2.75) is 26.2 Å². The summed E-state index contributed by atoms with van der Waals surface area (Å²) in [5, 5.41) is 7.35. The molecule has 0 aromatic heterocycles. The van der Waals surface area contributed by atoms with E-state index >= 15 is 0 Å². The van der Waals surface area contributed by atoms with Gasteiger partial charge in [0.2, 0.25) is 5.91 Å². The first-order chi connectivity index (χ1) is 9.81. The van der Waals surface area contributed by atoms with Crippen molar-refractivity contribution >= 4 is 41.5 Å². The summed E-state index contributed by atoms with van der Waals surface area (Å²) in [5.74, 6) is 0.628. The van der Waals surface area contributed by atoms with E-state index in [1.807, 2.05) is 19.1 Å². The highest BCUT2D eigenvalue weighted by Gasteiger charge is 2.30. The third-order valence-corrected chi connectivity index (χ3v) is 5.08. The lowest BCUT2D eigenvalue weighted by Crippen LogP contribution is -2.50. The predicted octanol–water partition coefficient (Wildman–Crippen LogP) is 3.66. The van der Waals surface area contributed by atoms with Gasteiger partial charge in [-0.25, -0.2) is 0 Å². The standard InChI is InChI=1S/C16H22Cl2N2O.ClH/c1-10(11-7-19-8-11)15(21)20-9-16(2,3)12-4-5-13(17)14(18)6-12;/h4-6,10-11,19H,7-9H2,1-3H3,(H,20,21);1H. The zero-order valence-electron chi connectivity index (χ0n) is 13.1. The smallest absolute Gasteiger partial charge is 0.223 e. The molecule has 3 nitrogen and oxygen atoms in total. The highest BCUT2D eigenvalue weighted by molar-refractivity contribution is 6.42. The minimum atomic E-state index is -0.193. The quantitative estimate of drug-likeness (QED) is 0.836. The van der Waals surface area contributed by atoms with E-state index in [-0.39, 0.29) is 29.6 Å². The van der Waals surface area contributed by atoms with Gasteiger partial charge in [0.05, 0.1) is 10.0 Å². The summed E-state index contributed by atoms with van der Waals surface area (Å²) in [6, 6.07) is 5.63. The normalized spacial score (nSPS) is 16.4. The molecule has 0 saturated carbocycles. The van der Waals surface area contributed by atoms with E-state index in [2.05, 4.69) is 24.5 Å². The second-order valence-corrected chi connectivity index (χ2v) is 7.25. The monoisotopic (exact) mass is 364 g/mol. The fraction of sp³-hybridized carbons (Fsp3) is 0.562. The van der Waals surface area contributed by atoms with Crippen LogP contribution in [0.2, 0.25) is 10.0 Å². The summed E-state index contributed by atoms with van der Waals surface area (Å²) in [5.41, 5.74) is 0.872. The van der Waals surface area contributed by atoms with Gasteiger partial charge in [-0.05, 0) is 36.7 Å². The van der Waals surface area contributed by atoms with Crippen LogP contribution < -0.4 is 10.6 Å². The summed E-state index contributed by atoms with van der Waals surface area (Å²) < 4.78 is 0. The Bertz CT molecular complexity index is 530. The molecule has 0 radical (unpaired) electrons. The van der Waals surface area contributed by atoms with Gasteiger partial charge < -0.3 is 10.6 Å². The molecule has 0 spiro atoms. The van der Waals surface area contributed by atoms with E-state index in [9.17, 15) is 4.79 Å². The lowest BCUT2D eigenvalue weighted by molar-refractivity contribution is -0.126. The van der Waals surface area contributed by atoms with Crippen LogP contribution in [0.15, 0.2) is 18.2 Å². The Labute approximate surface area is 148 Å². The fourth-order valence-electron chi connectivity index (χ4n) is 2.37. The highest BCUT2D eigenvalue weighted by atomic mass is 35.5. The topological polar surface area (TPSA) is 41.1 Å². The Morgan fingerprint density at radius 3 is 2.50 bits per heavy atom. The maximum absolute atomic E-state index is 12.2. The molecule has 124 valence electrons. The number of amides is 1. The van der Waals surface area contributed by atoms with E-state index in [1.165, 1.54) is 0 Å². The Hall–Kier alpha value is -0.480. The van der Waals surface area contributed by atoms with E-state index in [4.69, 9.17) is 23.2 Å². The van der Waals surface area contributed by atoms with Crippen LogP contribution in [-0.2, 0) is 10.2 Å². The molecule has 1 atom stereocenters. The van der Waals surface area contributed by atoms with Crippen molar-refractivity contribution in [2.24, 2.45) is 11.8 Å². The highest BCUT2D eigenvalue weighted by Crippen LogP contribution is 2.29. The number of rotatable bonds is 5. The molecule has 1 aliphatic rings. The lowest BCUT2D eigenvalue weighted by atomic mass is 9.83. The van der Waals surface area contributed by atoms with Crippen molar-refractivity contribution in [1.82, 2.24) is 10.6 Å². The van der Waals surface area contributed by atoms with Gasteiger partial charge in [0.15, 0.2) is 0 Å². The molecule has 2 rings (SSSR count). The van der Waals surface area contributed by atoms with Crippen LogP contribution in [0, 0.1) is 11.8 Å². The Morgan fingerprint density at radius 1 is 1.36 bits per heavy atom. The zero-order valence-corrected chi connectivity index (χ0v) is 15.4. The van der Waals surface area contributed by atoms with Crippen molar-refractivity contribution in [3.63, 3.8) is 0 Å². The van der Waals surface area contributed by atoms with Crippen molar-refractivity contribution in [2.75, 3.05) is 19.6 Å². The number of nitrogens with one attached hydrogen (secondary N) is 2. The van der Waals surface area contributed by atoms with Gasteiger partial charge in [-0.3, -0.25) is 4.79 Å². The van der Waals surface area contributed by atoms with Gasteiger partial charge in [0.25, 0.3) is 0 Å². The first-order valence-corrected chi connectivity index (χ1v) is 8.01. The van der Waals surface area contributed by atoms with E-state index in [0.717, 1.165) is 18.7 Å². The fourth-order valence-corrected chi connectivity index (χ4v) is 2.66. The molecule has 22 heavy (non-hydrogen) atoms. The molecule has 1 aromatic rings. The Balaban J connectivity index is 0.00000242. The summed E-state index contributed by atoms with van der Waals surface area (Å²) in [6.07, 6.45) is 0.